The number of fused-ring (bicyclic) bond motifs is 16. The molecule has 27 rings (SSSR count). The van der Waals surface area contributed by atoms with Crippen molar-refractivity contribution in [2.24, 2.45) is 0 Å². The maximum absolute atomic E-state index is 8.95. The molecule has 0 aliphatic heterocycles. The largest absolute Gasteiger partial charge is 0.456 e. The molecule has 0 radical (unpaired) electrons. The monoisotopic (exact) mass is 1700 g/mol. The first-order valence-corrected chi connectivity index (χ1v) is 45.2. The van der Waals surface area contributed by atoms with Crippen molar-refractivity contribution in [1.82, 2.24) is 0 Å². The minimum Gasteiger partial charge on any atom is -0.456 e. The van der Waals surface area contributed by atoms with Crippen LogP contribution < -0.4 is 0 Å². The van der Waals surface area contributed by atoms with Crippen LogP contribution in [0.25, 0.3) is 264 Å². The van der Waals surface area contributed by atoms with Crippen LogP contribution in [0.3, 0.4) is 0 Å². The molecule has 0 aliphatic rings. The van der Waals surface area contributed by atoms with Crippen LogP contribution in [-0.2, 0) is 0 Å². The first-order valence-electron chi connectivity index (χ1n) is 47.7. The van der Waals surface area contributed by atoms with Crippen LogP contribution in [0.4, 0.5) is 0 Å². The smallest absolute Gasteiger partial charge is 0.136 e. The zero-order valence-electron chi connectivity index (χ0n) is 77.2. The van der Waals surface area contributed by atoms with Crippen molar-refractivity contribution >= 4 is 141 Å². The quantitative estimate of drug-likeness (QED) is 0.121. The van der Waals surface area contributed by atoms with Gasteiger partial charge in [-0.25, -0.2) is 0 Å². The molecule has 0 aliphatic carbocycles. The zero-order valence-corrected chi connectivity index (χ0v) is 72.2. The molecule has 0 spiro atoms. The Hall–Kier alpha value is -17.5. The maximum Gasteiger partial charge on any atom is 0.136 e. The third-order valence-electron chi connectivity index (χ3n) is 26.7. The van der Waals surface area contributed by atoms with Gasteiger partial charge in [-0.3, -0.25) is 0 Å². The third-order valence-corrected chi connectivity index (χ3v) is 26.7. The summed E-state index contributed by atoms with van der Waals surface area (Å²) in [5, 5.41) is 22.5. The molecule has 133 heavy (non-hydrogen) atoms. The van der Waals surface area contributed by atoms with E-state index in [0.29, 0.717) is 5.56 Å². The molecule has 0 saturated carbocycles. The van der Waals surface area contributed by atoms with Crippen LogP contribution >= 0.6 is 0 Å². The number of hydrogen-bond donors (Lipinski definition) is 0. The van der Waals surface area contributed by atoms with E-state index >= 15 is 0 Å². The van der Waals surface area contributed by atoms with Crippen LogP contribution in [0.2, 0.25) is 0 Å². The van der Waals surface area contributed by atoms with Gasteiger partial charge in [-0.15, -0.1) is 0 Å². The highest BCUT2D eigenvalue weighted by Crippen LogP contribution is 2.52. The van der Waals surface area contributed by atoms with Gasteiger partial charge >= 0.3 is 0 Å². The molecule has 3 heterocycles. The van der Waals surface area contributed by atoms with E-state index in [2.05, 4.69) is 419 Å². The third kappa shape index (κ3) is 13.7. The van der Waals surface area contributed by atoms with Crippen molar-refractivity contribution < 1.29 is 20.1 Å². The predicted octanol–water partition coefficient (Wildman–Crippen LogP) is 37.2. The van der Waals surface area contributed by atoms with Crippen molar-refractivity contribution in [2.45, 2.75) is 0 Å². The molecule has 27 aromatic rings. The average molecular weight is 1700 g/mol. The van der Waals surface area contributed by atoms with Crippen LogP contribution in [0.1, 0.15) is 6.85 Å². The molecule has 0 saturated heterocycles. The van der Waals surface area contributed by atoms with Crippen LogP contribution in [-0.4, -0.2) is 0 Å². The lowest BCUT2D eigenvalue weighted by Crippen LogP contribution is -1.91. The second-order valence-corrected chi connectivity index (χ2v) is 34.2. The van der Waals surface area contributed by atoms with Crippen LogP contribution in [0.5, 0.6) is 0 Å². The van der Waals surface area contributed by atoms with E-state index in [0.717, 1.165) is 115 Å². The molecule has 3 nitrogen and oxygen atoms in total. The molecule has 620 valence electrons. The van der Waals surface area contributed by atoms with Crippen molar-refractivity contribution in [3.8, 4) is 122 Å². The zero-order chi connectivity index (χ0) is 92.2. The summed E-state index contributed by atoms with van der Waals surface area (Å²) in [6.45, 7) is 0. The van der Waals surface area contributed by atoms with Crippen molar-refractivity contribution in [3.63, 3.8) is 0 Å². The van der Waals surface area contributed by atoms with Gasteiger partial charge in [0.15, 0.2) is 0 Å². The summed E-state index contributed by atoms with van der Waals surface area (Å²) < 4.78 is 62.4. The van der Waals surface area contributed by atoms with Crippen molar-refractivity contribution in [2.75, 3.05) is 0 Å². The van der Waals surface area contributed by atoms with Gasteiger partial charge < -0.3 is 13.3 Å². The predicted molar refractivity (Wildman–Crippen MR) is 563 cm³/mol. The molecule has 0 bridgehead atoms. The SMILES string of the molecule is [2H]c1c([2H])c([2H])c(-c2c3ccccc3c(-c3cccc4oc5ccc(-c6ccc(-c7ccccc7-c7ccc8ccccc8c7)cc6)cc5c34)c3ccccc23)c([2H])c1[2H].c1ccc(-c2c3ccccc3c(-c3ccc4oc5cccc(-c6ccccc6)c5c4c3)c3ccccc23)cc1.c1ccc(-c2ccc3oc4ccc(-c5c6ccccc6c(-c6ccccc6)c6ccccc56)cc4c3c2)cc1. The number of rotatable bonds is 11. The Morgan fingerprint density at radius 1 is 0.135 bits per heavy atom. The molecule has 24 aromatic carbocycles. The molecule has 3 heteroatoms. The molecule has 0 fully saturated rings. The molecule has 0 N–H and O–H groups in total. The Kier molecular flexibility index (Phi) is 18.0. The summed E-state index contributed by atoms with van der Waals surface area (Å²) in [4.78, 5) is 0. The summed E-state index contributed by atoms with van der Waals surface area (Å²) in [5.74, 6) is 0. The normalized spacial score (nSPS) is 12.1. The van der Waals surface area contributed by atoms with E-state index in [1.54, 1.807) is 0 Å². The van der Waals surface area contributed by atoms with Gasteiger partial charge in [-0.05, 0) is 265 Å². The Bertz CT molecular complexity index is 9380. The first-order chi connectivity index (χ1) is 68.1. The van der Waals surface area contributed by atoms with Gasteiger partial charge in [0, 0.05) is 32.3 Å². The van der Waals surface area contributed by atoms with E-state index in [4.69, 9.17) is 20.1 Å². The highest BCUT2D eigenvalue weighted by molar-refractivity contribution is 6.28. The molecule has 0 amide bonds. The minimum absolute atomic E-state index is 0.194. The Morgan fingerprint density at radius 3 is 0.872 bits per heavy atom. The second-order valence-electron chi connectivity index (χ2n) is 34.2. The van der Waals surface area contributed by atoms with Gasteiger partial charge in [0.2, 0.25) is 0 Å². The van der Waals surface area contributed by atoms with Gasteiger partial charge in [0.25, 0.3) is 0 Å². The fourth-order valence-electron chi connectivity index (χ4n) is 20.8. The molecular weight excluding hydrogens is 1610 g/mol. The lowest BCUT2D eigenvalue weighted by Gasteiger charge is -2.18. The summed E-state index contributed by atoms with van der Waals surface area (Å²) in [5.41, 5.74) is 29.6. The van der Waals surface area contributed by atoms with Crippen molar-refractivity contribution in [3.05, 3.63) is 497 Å². The highest BCUT2D eigenvalue weighted by Gasteiger charge is 2.25. The standard InChI is InChI=1S/C54H34O.2C38H24O/c1-2-14-38(15-3-1)52-44-19-8-10-21-46(44)53(47-22-11-9-20-45(47)52)48-23-12-24-51-54(48)49-34-40(31-32-50(49)55-51)36-25-28-37(29-26-36)42-17-6-7-18-43(42)41-30-27-35-13-4-5-16-39(35)33-41;1-3-12-25(13-4-1)28-20-11-21-35-38(28)33-24-27(22-23-34(33)39-35)37-31-18-9-7-16-29(31)36(26-14-5-2-6-15-26)30-17-8-10-19-32(30)37;1-3-11-25(12-4-1)27-19-21-35-33(23-27)34-24-28(20-22-36(34)39-35)38-31-17-9-7-15-29(31)37(26-13-5-2-6-14-26)30-16-8-10-18-32(30)38/h1-34H;2*1-24H/i1D,2D,3D,14D,15D;;. The van der Waals surface area contributed by atoms with E-state index < -0.39 is 6.04 Å². The van der Waals surface area contributed by atoms with E-state index in [1.807, 2.05) is 48.5 Å². The lowest BCUT2D eigenvalue weighted by atomic mass is 9.85. The average Bonchev–Trinajstić information content (AvgIpc) is 1.49. The fraction of sp³-hybridized carbons (Fsp3) is 0. The van der Waals surface area contributed by atoms with Gasteiger partial charge in [-0.2, -0.15) is 0 Å². The maximum atomic E-state index is 8.95. The molecular formula is C130H82O3. The topological polar surface area (TPSA) is 39.4 Å². The summed E-state index contributed by atoms with van der Waals surface area (Å²) in [6.07, 6.45) is 0. The van der Waals surface area contributed by atoms with Gasteiger partial charge in [-0.1, -0.05) is 431 Å². The first kappa shape index (κ1) is 72.5. The molecule has 3 aromatic heterocycles. The Balaban J connectivity index is 0.000000114. The lowest BCUT2D eigenvalue weighted by molar-refractivity contribution is 0.668. The highest BCUT2D eigenvalue weighted by atomic mass is 16.3. The summed E-state index contributed by atoms with van der Waals surface area (Å²) in [7, 11) is 0. The Morgan fingerprint density at radius 2 is 0.414 bits per heavy atom. The summed E-state index contributed by atoms with van der Waals surface area (Å²) in [6, 6.07) is 163. The molecule has 0 atom stereocenters. The summed E-state index contributed by atoms with van der Waals surface area (Å²) >= 11 is 0. The second kappa shape index (κ2) is 33.0. The van der Waals surface area contributed by atoms with Crippen LogP contribution in [0, 0.1) is 0 Å². The van der Waals surface area contributed by atoms with E-state index in [9.17, 15) is 0 Å². The minimum atomic E-state index is -0.407. The van der Waals surface area contributed by atoms with Gasteiger partial charge in [0.1, 0.15) is 33.5 Å². The molecule has 0 unspecified atom stereocenters. The van der Waals surface area contributed by atoms with Gasteiger partial charge in [0.05, 0.1) is 6.85 Å². The number of furan rings is 3. The van der Waals surface area contributed by atoms with E-state index in [-0.39, 0.29) is 29.7 Å². The van der Waals surface area contributed by atoms with E-state index in [1.165, 1.54) is 137 Å². The fourth-order valence-corrected chi connectivity index (χ4v) is 20.8. The van der Waals surface area contributed by atoms with Crippen molar-refractivity contribution in [1.29, 1.82) is 0 Å². The number of benzene rings is 24. The Labute approximate surface area is 775 Å². The van der Waals surface area contributed by atoms with Crippen LogP contribution in [0.15, 0.2) is 511 Å². The number of hydrogen-bond acceptors (Lipinski definition) is 3.